The summed E-state index contributed by atoms with van der Waals surface area (Å²) >= 11 is 0. The van der Waals surface area contributed by atoms with Gasteiger partial charge in [-0.3, -0.25) is 4.79 Å². The number of amides is 1. The Labute approximate surface area is 159 Å². The molecule has 2 fully saturated rings. The van der Waals surface area contributed by atoms with E-state index in [1.165, 1.54) is 12.8 Å². The molecular formula is C20H27N5O2. The fourth-order valence-electron chi connectivity index (χ4n) is 4.07. The molecule has 0 aromatic carbocycles. The lowest BCUT2D eigenvalue weighted by Crippen LogP contribution is -2.37. The lowest BCUT2D eigenvalue weighted by molar-refractivity contribution is -0.131. The molecule has 1 amide bonds. The molecule has 2 aromatic rings. The normalized spacial score (nSPS) is 18.3. The molecule has 0 atom stereocenters. The summed E-state index contributed by atoms with van der Waals surface area (Å²) < 4.78 is 5.52. The minimum Gasteiger partial charge on any atom is -0.356 e. The highest BCUT2D eigenvalue weighted by molar-refractivity contribution is 5.76. The van der Waals surface area contributed by atoms with Crippen molar-refractivity contribution in [3.05, 3.63) is 23.7 Å². The van der Waals surface area contributed by atoms with Crippen molar-refractivity contribution in [1.82, 2.24) is 20.0 Å². The third kappa shape index (κ3) is 3.68. The molecule has 2 aliphatic heterocycles. The monoisotopic (exact) mass is 369 g/mol. The number of hydrogen-bond donors (Lipinski definition) is 0. The van der Waals surface area contributed by atoms with Crippen LogP contribution in [-0.4, -0.2) is 52.1 Å². The lowest BCUT2D eigenvalue weighted by Gasteiger charge is -2.32. The van der Waals surface area contributed by atoms with Crippen LogP contribution >= 0.6 is 0 Å². The van der Waals surface area contributed by atoms with Crippen LogP contribution in [-0.2, 0) is 4.79 Å². The molecule has 0 radical (unpaired) electrons. The van der Waals surface area contributed by atoms with Crippen molar-refractivity contribution in [3.8, 4) is 11.3 Å². The van der Waals surface area contributed by atoms with Gasteiger partial charge in [0.05, 0.1) is 17.0 Å². The molecule has 27 heavy (non-hydrogen) atoms. The standard InChI is InChI=1S/C20H27N5O2/c1-3-18(26)24-10-6-15(7-11-24)19-16(17-12-14(2)23-27-17)13-21-20(22-19)25-8-4-5-9-25/h12-13,15H,3-11H2,1-2H3. The van der Waals surface area contributed by atoms with E-state index >= 15 is 0 Å². The van der Waals surface area contributed by atoms with Gasteiger partial charge in [0.2, 0.25) is 11.9 Å². The molecule has 0 spiro atoms. The minimum absolute atomic E-state index is 0.236. The van der Waals surface area contributed by atoms with Crippen LogP contribution in [0.1, 0.15) is 56.3 Å². The predicted octanol–water partition coefficient (Wildman–Crippen LogP) is 3.16. The maximum absolute atomic E-state index is 12.0. The van der Waals surface area contributed by atoms with Gasteiger partial charge >= 0.3 is 0 Å². The van der Waals surface area contributed by atoms with Crippen molar-refractivity contribution >= 4 is 11.9 Å². The average Bonchev–Trinajstić information content (AvgIpc) is 3.39. The summed E-state index contributed by atoms with van der Waals surface area (Å²) in [6.07, 6.45) is 6.68. The van der Waals surface area contributed by atoms with E-state index in [2.05, 4.69) is 15.0 Å². The Kier molecular flexibility index (Phi) is 5.09. The van der Waals surface area contributed by atoms with Crippen molar-refractivity contribution in [2.24, 2.45) is 0 Å². The van der Waals surface area contributed by atoms with Gasteiger partial charge in [-0.05, 0) is 32.6 Å². The predicted molar refractivity (Wildman–Crippen MR) is 103 cm³/mol. The number of piperidine rings is 1. The van der Waals surface area contributed by atoms with Gasteiger partial charge in [-0.1, -0.05) is 12.1 Å². The topological polar surface area (TPSA) is 75.4 Å². The zero-order valence-electron chi connectivity index (χ0n) is 16.1. The van der Waals surface area contributed by atoms with E-state index in [-0.39, 0.29) is 5.91 Å². The first-order chi connectivity index (χ1) is 13.2. The molecule has 0 N–H and O–H groups in total. The van der Waals surface area contributed by atoms with Crippen LogP contribution in [0.3, 0.4) is 0 Å². The average molecular weight is 369 g/mol. The van der Waals surface area contributed by atoms with Gasteiger partial charge in [0, 0.05) is 50.8 Å². The van der Waals surface area contributed by atoms with Crippen molar-refractivity contribution in [3.63, 3.8) is 0 Å². The zero-order chi connectivity index (χ0) is 18.8. The van der Waals surface area contributed by atoms with E-state index in [0.29, 0.717) is 12.3 Å². The van der Waals surface area contributed by atoms with Crippen LogP contribution in [0.2, 0.25) is 0 Å². The second-order valence-corrected chi connectivity index (χ2v) is 7.50. The van der Waals surface area contributed by atoms with Gasteiger partial charge in [0.15, 0.2) is 5.76 Å². The van der Waals surface area contributed by atoms with Gasteiger partial charge in [-0.25, -0.2) is 9.97 Å². The summed E-state index contributed by atoms with van der Waals surface area (Å²) in [5.41, 5.74) is 2.81. The summed E-state index contributed by atoms with van der Waals surface area (Å²) in [6, 6.07) is 1.94. The van der Waals surface area contributed by atoms with E-state index in [0.717, 1.165) is 67.7 Å². The Morgan fingerprint density at radius 2 is 1.96 bits per heavy atom. The number of anilines is 1. The molecule has 0 bridgehead atoms. The number of aryl methyl sites for hydroxylation is 1. The third-order valence-corrected chi connectivity index (χ3v) is 5.62. The van der Waals surface area contributed by atoms with Gasteiger partial charge in [-0.2, -0.15) is 0 Å². The maximum atomic E-state index is 12.0. The molecule has 0 unspecified atom stereocenters. The van der Waals surface area contributed by atoms with Gasteiger partial charge < -0.3 is 14.3 Å². The molecule has 2 saturated heterocycles. The molecule has 0 aliphatic carbocycles. The molecule has 2 aromatic heterocycles. The highest BCUT2D eigenvalue weighted by Crippen LogP contribution is 2.35. The number of hydrogen-bond acceptors (Lipinski definition) is 6. The van der Waals surface area contributed by atoms with Crippen LogP contribution in [0.25, 0.3) is 11.3 Å². The lowest BCUT2D eigenvalue weighted by atomic mass is 9.90. The first kappa shape index (κ1) is 17.9. The SMILES string of the molecule is CCC(=O)N1CCC(c2nc(N3CCCC3)ncc2-c2cc(C)no2)CC1. The van der Waals surface area contributed by atoms with Gasteiger partial charge in [0.1, 0.15) is 0 Å². The zero-order valence-corrected chi connectivity index (χ0v) is 16.1. The first-order valence-corrected chi connectivity index (χ1v) is 9.99. The quantitative estimate of drug-likeness (QED) is 0.824. The van der Waals surface area contributed by atoms with Crippen molar-refractivity contribution < 1.29 is 9.32 Å². The number of aromatic nitrogens is 3. The summed E-state index contributed by atoms with van der Waals surface area (Å²) in [5.74, 6) is 2.08. The Bertz CT molecular complexity index is 804. The first-order valence-electron chi connectivity index (χ1n) is 9.99. The van der Waals surface area contributed by atoms with E-state index in [4.69, 9.17) is 9.51 Å². The molecule has 7 heteroatoms. The fraction of sp³-hybridized carbons (Fsp3) is 0.600. The Morgan fingerprint density at radius 1 is 1.22 bits per heavy atom. The number of nitrogens with zero attached hydrogens (tertiary/aromatic N) is 5. The van der Waals surface area contributed by atoms with Crippen LogP contribution in [0.4, 0.5) is 5.95 Å². The second-order valence-electron chi connectivity index (χ2n) is 7.50. The van der Waals surface area contributed by atoms with Crippen LogP contribution in [0.15, 0.2) is 16.8 Å². The smallest absolute Gasteiger partial charge is 0.225 e. The van der Waals surface area contributed by atoms with E-state index in [1.807, 2.05) is 31.0 Å². The molecule has 144 valence electrons. The maximum Gasteiger partial charge on any atom is 0.225 e. The van der Waals surface area contributed by atoms with Crippen molar-refractivity contribution in [2.45, 2.75) is 51.9 Å². The second kappa shape index (κ2) is 7.66. The van der Waals surface area contributed by atoms with Crippen LogP contribution in [0.5, 0.6) is 0 Å². The van der Waals surface area contributed by atoms with Crippen LogP contribution < -0.4 is 4.90 Å². The minimum atomic E-state index is 0.236. The van der Waals surface area contributed by atoms with Gasteiger partial charge in [-0.15, -0.1) is 0 Å². The summed E-state index contributed by atoms with van der Waals surface area (Å²) in [6.45, 7) is 7.45. The van der Waals surface area contributed by atoms with Crippen molar-refractivity contribution in [2.75, 3.05) is 31.1 Å². The molecule has 2 aliphatic rings. The summed E-state index contributed by atoms with van der Waals surface area (Å²) in [5, 5.41) is 4.03. The molecule has 4 rings (SSSR count). The molecule has 4 heterocycles. The highest BCUT2D eigenvalue weighted by atomic mass is 16.5. The highest BCUT2D eigenvalue weighted by Gasteiger charge is 2.28. The summed E-state index contributed by atoms with van der Waals surface area (Å²) in [4.78, 5) is 25.8. The van der Waals surface area contributed by atoms with Crippen LogP contribution in [0, 0.1) is 6.92 Å². The number of rotatable bonds is 4. The molecular weight excluding hydrogens is 342 g/mol. The third-order valence-electron chi connectivity index (χ3n) is 5.62. The largest absolute Gasteiger partial charge is 0.356 e. The number of likely N-dealkylation sites (tertiary alicyclic amines) is 1. The molecule has 7 nitrogen and oxygen atoms in total. The van der Waals surface area contributed by atoms with Crippen molar-refractivity contribution in [1.29, 1.82) is 0 Å². The Balaban J connectivity index is 1.64. The number of carbonyl (C=O) groups is 1. The Morgan fingerprint density at radius 3 is 2.59 bits per heavy atom. The fourth-order valence-corrected chi connectivity index (χ4v) is 4.07. The Hall–Kier alpha value is -2.44. The molecule has 0 saturated carbocycles. The van der Waals surface area contributed by atoms with E-state index in [1.54, 1.807) is 0 Å². The summed E-state index contributed by atoms with van der Waals surface area (Å²) in [7, 11) is 0. The number of carbonyl (C=O) groups excluding carboxylic acids is 1. The van der Waals surface area contributed by atoms with E-state index < -0.39 is 0 Å². The van der Waals surface area contributed by atoms with Gasteiger partial charge in [0.25, 0.3) is 0 Å². The van der Waals surface area contributed by atoms with E-state index in [9.17, 15) is 4.79 Å².